The maximum absolute atomic E-state index is 12.4. The van der Waals surface area contributed by atoms with Crippen molar-refractivity contribution in [2.45, 2.75) is 17.1 Å². The lowest BCUT2D eigenvalue weighted by Gasteiger charge is -2.10. The Bertz CT molecular complexity index is 896. The number of aromatic amines is 1. The molecule has 1 unspecified atom stereocenters. The topological polar surface area (TPSA) is 67.0 Å². The van der Waals surface area contributed by atoms with Gasteiger partial charge in [0.05, 0.1) is 18.1 Å². The Labute approximate surface area is 161 Å². The van der Waals surface area contributed by atoms with Crippen molar-refractivity contribution in [3.8, 4) is 17.0 Å². The third-order valence-corrected chi connectivity index (χ3v) is 5.09. The van der Waals surface area contributed by atoms with Gasteiger partial charge < -0.3 is 10.1 Å². The lowest BCUT2D eigenvalue weighted by atomic mass is 10.1. The Balaban J connectivity index is 1.66. The Morgan fingerprint density at radius 1 is 1.23 bits per heavy atom. The summed E-state index contributed by atoms with van der Waals surface area (Å²) in [5.74, 6) is 1.09. The summed E-state index contributed by atoms with van der Waals surface area (Å²) in [5.41, 5.74) is 1.65. The van der Waals surface area contributed by atoms with Crippen LogP contribution in [0.15, 0.2) is 59.5 Å². The van der Waals surface area contributed by atoms with Gasteiger partial charge in [-0.05, 0) is 43.3 Å². The summed E-state index contributed by atoms with van der Waals surface area (Å²) in [6.07, 6.45) is 0. The molecule has 0 radical (unpaired) electrons. The van der Waals surface area contributed by atoms with Crippen LogP contribution in [0.25, 0.3) is 11.3 Å². The number of anilines is 1. The van der Waals surface area contributed by atoms with Gasteiger partial charge in [-0.1, -0.05) is 23.7 Å². The Morgan fingerprint density at radius 3 is 2.69 bits per heavy atom. The van der Waals surface area contributed by atoms with E-state index in [0.717, 1.165) is 21.9 Å². The number of methoxy groups -OCH3 is 1. The van der Waals surface area contributed by atoms with Crippen LogP contribution in [0, 0.1) is 0 Å². The first-order chi connectivity index (χ1) is 12.6. The molecule has 1 aromatic heterocycles. The van der Waals surface area contributed by atoms with E-state index in [1.54, 1.807) is 13.2 Å². The number of carbonyl (C=O) groups is 1. The minimum absolute atomic E-state index is 0.122. The molecule has 3 aromatic rings. The monoisotopic (exact) mass is 387 g/mol. The van der Waals surface area contributed by atoms with Gasteiger partial charge in [0, 0.05) is 21.5 Å². The zero-order valence-electron chi connectivity index (χ0n) is 14.3. The molecule has 26 heavy (non-hydrogen) atoms. The molecule has 5 nitrogen and oxygen atoms in total. The van der Waals surface area contributed by atoms with Gasteiger partial charge in [-0.15, -0.1) is 11.8 Å². The largest absolute Gasteiger partial charge is 0.496 e. The number of hydrogen-bond donors (Lipinski definition) is 2. The number of hydrogen-bond acceptors (Lipinski definition) is 4. The summed E-state index contributed by atoms with van der Waals surface area (Å²) in [5, 5.41) is 10.3. The van der Waals surface area contributed by atoms with E-state index in [-0.39, 0.29) is 11.2 Å². The quantitative estimate of drug-likeness (QED) is 0.593. The van der Waals surface area contributed by atoms with E-state index < -0.39 is 0 Å². The molecule has 134 valence electrons. The number of nitrogens with zero attached hydrogens (tertiary/aromatic N) is 1. The van der Waals surface area contributed by atoms with Crippen LogP contribution in [-0.4, -0.2) is 28.5 Å². The summed E-state index contributed by atoms with van der Waals surface area (Å²) in [4.78, 5) is 13.4. The molecule has 1 atom stereocenters. The van der Waals surface area contributed by atoms with E-state index in [0.29, 0.717) is 10.8 Å². The Hall–Kier alpha value is -2.44. The predicted molar refractivity (Wildman–Crippen MR) is 106 cm³/mol. The van der Waals surface area contributed by atoms with Gasteiger partial charge in [0.1, 0.15) is 5.75 Å². The predicted octanol–water partition coefficient (Wildman–Crippen LogP) is 4.86. The smallest absolute Gasteiger partial charge is 0.238 e. The van der Waals surface area contributed by atoms with Crippen molar-refractivity contribution in [1.82, 2.24) is 10.2 Å². The van der Waals surface area contributed by atoms with Gasteiger partial charge >= 0.3 is 0 Å². The molecule has 2 aromatic carbocycles. The lowest BCUT2D eigenvalue weighted by Crippen LogP contribution is -2.22. The molecule has 0 aliphatic carbocycles. The first kappa shape index (κ1) is 18.4. The summed E-state index contributed by atoms with van der Waals surface area (Å²) in [6, 6.07) is 16.8. The molecule has 0 fully saturated rings. The van der Waals surface area contributed by atoms with Crippen molar-refractivity contribution in [2.24, 2.45) is 0 Å². The molecule has 0 aliphatic rings. The van der Waals surface area contributed by atoms with E-state index in [2.05, 4.69) is 15.5 Å². The number of aromatic nitrogens is 2. The zero-order valence-corrected chi connectivity index (χ0v) is 15.9. The summed E-state index contributed by atoms with van der Waals surface area (Å²) in [6.45, 7) is 1.85. The molecule has 0 bridgehead atoms. The first-order valence-corrected chi connectivity index (χ1v) is 9.24. The number of thioether (sulfide) groups is 1. The number of ether oxygens (including phenoxy) is 1. The number of carbonyl (C=O) groups excluding carboxylic acids is 1. The molecule has 2 N–H and O–H groups in total. The van der Waals surface area contributed by atoms with Gasteiger partial charge in [-0.3, -0.25) is 9.89 Å². The van der Waals surface area contributed by atoms with Crippen LogP contribution in [0.1, 0.15) is 6.92 Å². The van der Waals surface area contributed by atoms with Crippen molar-refractivity contribution < 1.29 is 9.53 Å². The number of amides is 1. The SMILES string of the molecule is COc1ccccc1-c1cc(NC(=O)C(C)Sc2ccc(Cl)cc2)n[nH]1. The molecule has 0 saturated heterocycles. The van der Waals surface area contributed by atoms with E-state index in [9.17, 15) is 4.79 Å². The highest BCUT2D eigenvalue weighted by molar-refractivity contribution is 8.00. The highest BCUT2D eigenvalue weighted by Gasteiger charge is 2.16. The molecule has 1 amide bonds. The van der Waals surface area contributed by atoms with Crippen molar-refractivity contribution in [1.29, 1.82) is 0 Å². The molecule has 7 heteroatoms. The van der Waals surface area contributed by atoms with Crippen molar-refractivity contribution >= 4 is 35.1 Å². The second-order valence-electron chi connectivity index (χ2n) is 5.57. The van der Waals surface area contributed by atoms with E-state index in [1.807, 2.05) is 55.5 Å². The average Bonchev–Trinajstić information content (AvgIpc) is 3.11. The van der Waals surface area contributed by atoms with Gasteiger partial charge in [0.25, 0.3) is 0 Å². The molecule has 0 saturated carbocycles. The van der Waals surface area contributed by atoms with E-state index in [1.165, 1.54) is 11.8 Å². The number of nitrogens with one attached hydrogen (secondary N) is 2. The van der Waals surface area contributed by atoms with Crippen LogP contribution in [0.3, 0.4) is 0 Å². The maximum atomic E-state index is 12.4. The van der Waals surface area contributed by atoms with Crippen molar-refractivity contribution in [3.05, 3.63) is 59.6 Å². The Kier molecular flexibility index (Phi) is 5.85. The number of benzene rings is 2. The van der Waals surface area contributed by atoms with Gasteiger partial charge in [-0.2, -0.15) is 5.10 Å². The third-order valence-electron chi connectivity index (χ3n) is 3.72. The lowest BCUT2D eigenvalue weighted by molar-refractivity contribution is -0.115. The fourth-order valence-corrected chi connectivity index (χ4v) is 3.38. The summed E-state index contributed by atoms with van der Waals surface area (Å²) in [7, 11) is 1.62. The van der Waals surface area contributed by atoms with Crippen LogP contribution in [0.2, 0.25) is 5.02 Å². The van der Waals surface area contributed by atoms with Crippen LogP contribution < -0.4 is 10.1 Å². The Morgan fingerprint density at radius 2 is 1.96 bits per heavy atom. The van der Waals surface area contributed by atoms with E-state index >= 15 is 0 Å². The standard InChI is InChI=1S/C19H18ClN3O2S/c1-12(26-14-9-7-13(20)8-10-14)19(24)21-18-11-16(22-23-18)15-5-3-4-6-17(15)25-2/h3-12H,1-2H3,(H2,21,22,23,24). The summed E-state index contributed by atoms with van der Waals surface area (Å²) < 4.78 is 5.36. The number of halogens is 1. The molecule has 0 spiro atoms. The highest BCUT2D eigenvalue weighted by Crippen LogP contribution is 2.30. The second kappa shape index (κ2) is 8.29. The molecule has 3 rings (SSSR count). The zero-order chi connectivity index (χ0) is 18.5. The van der Waals surface area contributed by atoms with E-state index in [4.69, 9.17) is 16.3 Å². The average molecular weight is 388 g/mol. The van der Waals surface area contributed by atoms with Crippen LogP contribution in [0.4, 0.5) is 5.82 Å². The molecular weight excluding hydrogens is 370 g/mol. The minimum atomic E-state index is -0.275. The van der Waals surface area contributed by atoms with Crippen LogP contribution >= 0.6 is 23.4 Å². The summed E-state index contributed by atoms with van der Waals surface area (Å²) >= 11 is 7.34. The molecular formula is C19H18ClN3O2S. The minimum Gasteiger partial charge on any atom is -0.496 e. The van der Waals surface area contributed by atoms with Gasteiger partial charge in [0.2, 0.25) is 5.91 Å². The molecule has 1 heterocycles. The van der Waals surface area contributed by atoms with Crippen molar-refractivity contribution in [3.63, 3.8) is 0 Å². The normalized spacial score (nSPS) is 11.8. The fraction of sp³-hybridized carbons (Fsp3) is 0.158. The maximum Gasteiger partial charge on any atom is 0.238 e. The van der Waals surface area contributed by atoms with Crippen LogP contribution in [0.5, 0.6) is 5.75 Å². The van der Waals surface area contributed by atoms with Gasteiger partial charge in [0.15, 0.2) is 5.82 Å². The van der Waals surface area contributed by atoms with Crippen LogP contribution in [-0.2, 0) is 4.79 Å². The first-order valence-electron chi connectivity index (χ1n) is 7.98. The fourth-order valence-electron chi connectivity index (χ4n) is 2.39. The highest BCUT2D eigenvalue weighted by atomic mass is 35.5. The number of H-pyrrole nitrogens is 1. The number of para-hydroxylation sites is 1. The van der Waals surface area contributed by atoms with Gasteiger partial charge in [-0.25, -0.2) is 0 Å². The van der Waals surface area contributed by atoms with Crippen molar-refractivity contribution in [2.75, 3.05) is 12.4 Å². The molecule has 0 aliphatic heterocycles. The number of rotatable bonds is 6. The second-order valence-corrected chi connectivity index (χ2v) is 7.42. The third kappa shape index (κ3) is 4.39.